The number of carbonyl (C=O) groups is 1. The van der Waals surface area contributed by atoms with Crippen molar-refractivity contribution in [2.24, 2.45) is 0 Å². The zero-order valence-electron chi connectivity index (χ0n) is 13.6. The van der Waals surface area contributed by atoms with Crippen molar-refractivity contribution in [3.8, 4) is 0 Å². The lowest BCUT2D eigenvalue weighted by atomic mass is 9.95. The van der Waals surface area contributed by atoms with Crippen molar-refractivity contribution in [2.45, 2.75) is 32.8 Å². The summed E-state index contributed by atoms with van der Waals surface area (Å²) < 4.78 is 31.8. The molecule has 130 valence electrons. The molecule has 0 fully saturated rings. The average molecular weight is 339 g/mol. The first kappa shape index (κ1) is 17.9. The number of carbonyl (C=O) groups excluding carboxylic acids is 1. The Labute approximate surface area is 137 Å². The number of hydrogen-bond donors (Lipinski definition) is 3. The fraction of sp³-hybridized carbons (Fsp3) is 0.375. The summed E-state index contributed by atoms with van der Waals surface area (Å²) in [6, 6.07) is 2.27. The molecule has 1 unspecified atom stereocenters. The SMILES string of the molecule is CCc1onc(C)c1NC(=O)NCC(C)(O)c1ccc(F)cc1F. The van der Waals surface area contributed by atoms with Gasteiger partial charge in [-0.1, -0.05) is 18.1 Å². The number of hydrogen-bond acceptors (Lipinski definition) is 4. The Morgan fingerprint density at radius 2 is 2.12 bits per heavy atom. The molecule has 8 heteroatoms. The summed E-state index contributed by atoms with van der Waals surface area (Å²) in [6.07, 6.45) is 0.551. The highest BCUT2D eigenvalue weighted by atomic mass is 19.1. The van der Waals surface area contributed by atoms with Gasteiger partial charge < -0.3 is 20.3 Å². The molecule has 0 saturated carbocycles. The van der Waals surface area contributed by atoms with Crippen LogP contribution in [0, 0.1) is 18.6 Å². The van der Waals surface area contributed by atoms with Crippen LogP contribution in [0.2, 0.25) is 0 Å². The number of aryl methyl sites for hydroxylation is 2. The minimum absolute atomic E-state index is 0.111. The Morgan fingerprint density at radius 3 is 2.75 bits per heavy atom. The summed E-state index contributed by atoms with van der Waals surface area (Å²) in [4.78, 5) is 12.0. The van der Waals surface area contributed by atoms with Crippen molar-refractivity contribution in [3.63, 3.8) is 0 Å². The van der Waals surface area contributed by atoms with Crippen molar-refractivity contribution in [1.82, 2.24) is 10.5 Å². The smallest absolute Gasteiger partial charge is 0.319 e. The number of aliphatic hydroxyl groups is 1. The Kier molecular flexibility index (Phi) is 5.18. The van der Waals surface area contributed by atoms with Crippen LogP contribution >= 0.6 is 0 Å². The van der Waals surface area contributed by atoms with Crippen LogP contribution in [-0.2, 0) is 12.0 Å². The maximum atomic E-state index is 13.8. The number of amides is 2. The summed E-state index contributed by atoms with van der Waals surface area (Å²) in [5.41, 5.74) is -0.826. The fourth-order valence-corrected chi connectivity index (χ4v) is 2.25. The van der Waals surface area contributed by atoms with Gasteiger partial charge in [-0.3, -0.25) is 0 Å². The third-order valence-corrected chi connectivity index (χ3v) is 3.60. The van der Waals surface area contributed by atoms with Crippen molar-refractivity contribution in [2.75, 3.05) is 11.9 Å². The highest BCUT2D eigenvalue weighted by Gasteiger charge is 2.27. The molecule has 2 amide bonds. The van der Waals surface area contributed by atoms with Crippen molar-refractivity contribution in [1.29, 1.82) is 0 Å². The number of urea groups is 1. The molecule has 24 heavy (non-hydrogen) atoms. The lowest BCUT2D eigenvalue weighted by Gasteiger charge is -2.24. The topological polar surface area (TPSA) is 87.4 Å². The fourth-order valence-electron chi connectivity index (χ4n) is 2.25. The van der Waals surface area contributed by atoms with Gasteiger partial charge in [0.05, 0.1) is 6.54 Å². The predicted octanol–water partition coefficient (Wildman–Crippen LogP) is 2.85. The van der Waals surface area contributed by atoms with Gasteiger partial charge in [-0.15, -0.1) is 0 Å². The molecule has 1 aromatic heterocycles. The Hall–Kier alpha value is -2.48. The van der Waals surface area contributed by atoms with Crippen LogP contribution in [0.15, 0.2) is 22.7 Å². The molecule has 0 spiro atoms. The van der Waals surface area contributed by atoms with Crippen LogP contribution in [-0.4, -0.2) is 22.8 Å². The molecule has 0 aliphatic heterocycles. The van der Waals surface area contributed by atoms with Crippen LogP contribution in [0.4, 0.5) is 19.3 Å². The summed E-state index contributed by atoms with van der Waals surface area (Å²) in [7, 11) is 0. The maximum Gasteiger partial charge on any atom is 0.319 e. The number of halogens is 2. The third-order valence-electron chi connectivity index (χ3n) is 3.60. The van der Waals surface area contributed by atoms with Gasteiger partial charge in [0, 0.05) is 18.1 Å². The first-order chi connectivity index (χ1) is 11.2. The summed E-state index contributed by atoms with van der Waals surface area (Å²) in [6.45, 7) is 4.59. The molecule has 0 radical (unpaired) electrons. The average Bonchev–Trinajstić information content (AvgIpc) is 2.85. The van der Waals surface area contributed by atoms with Crippen molar-refractivity contribution >= 4 is 11.7 Å². The predicted molar refractivity (Wildman–Crippen MR) is 83.6 cm³/mol. The lowest BCUT2D eigenvalue weighted by Crippen LogP contribution is -2.41. The van der Waals surface area contributed by atoms with Crippen LogP contribution < -0.4 is 10.6 Å². The summed E-state index contributed by atoms with van der Waals surface area (Å²) in [5, 5.41) is 19.2. The van der Waals surface area contributed by atoms with Gasteiger partial charge in [-0.25, -0.2) is 13.6 Å². The summed E-state index contributed by atoms with van der Waals surface area (Å²) in [5.74, 6) is -1.10. The first-order valence-corrected chi connectivity index (χ1v) is 7.42. The molecule has 1 heterocycles. The van der Waals surface area contributed by atoms with Crippen LogP contribution in [0.3, 0.4) is 0 Å². The molecular formula is C16H19F2N3O3. The minimum atomic E-state index is -1.70. The van der Waals surface area contributed by atoms with Crippen LogP contribution in [0.5, 0.6) is 0 Å². The zero-order valence-corrected chi connectivity index (χ0v) is 13.6. The van der Waals surface area contributed by atoms with Gasteiger partial charge in [0.1, 0.15) is 28.6 Å². The second-order valence-electron chi connectivity index (χ2n) is 5.63. The van der Waals surface area contributed by atoms with E-state index >= 15 is 0 Å². The van der Waals surface area contributed by atoms with Gasteiger partial charge >= 0.3 is 6.03 Å². The molecule has 1 atom stereocenters. The monoisotopic (exact) mass is 339 g/mol. The molecule has 2 aromatic rings. The van der Waals surface area contributed by atoms with E-state index in [1.165, 1.54) is 6.92 Å². The maximum absolute atomic E-state index is 13.8. The molecule has 0 saturated heterocycles. The number of anilines is 1. The van der Waals surface area contributed by atoms with Gasteiger partial charge in [-0.05, 0) is 19.9 Å². The van der Waals surface area contributed by atoms with Crippen LogP contribution in [0.25, 0.3) is 0 Å². The first-order valence-electron chi connectivity index (χ1n) is 7.42. The standard InChI is InChI=1S/C16H19F2N3O3/c1-4-13-14(9(2)21-24-13)20-15(22)19-8-16(3,23)11-6-5-10(17)7-12(11)18/h5-7,23H,4,8H2,1-3H3,(H2,19,20,22). The van der Waals surface area contributed by atoms with Gasteiger partial charge in [0.15, 0.2) is 5.76 Å². The van der Waals surface area contributed by atoms with E-state index in [-0.39, 0.29) is 12.1 Å². The molecular weight excluding hydrogens is 320 g/mol. The van der Waals surface area contributed by atoms with E-state index in [2.05, 4.69) is 15.8 Å². The normalized spacial score (nSPS) is 13.4. The van der Waals surface area contributed by atoms with Crippen LogP contribution in [0.1, 0.15) is 30.9 Å². The molecule has 0 aliphatic carbocycles. The van der Waals surface area contributed by atoms with E-state index in [4.69, 9.17) is 4.52 Å². The second-order valence-corrected chi connectivity index (χ2v) is 5.63. The molecule has 0 aliphatic rings. The van der Waals surface area contributed by atoms with E-state index in [1.807, 2.05) is 6.92 Å². The number of rotatable bonds is 5. The molecule has 2 rings (SSSR count). The van der Waals surface area contributed by atoms with Gasteiger partial charge in [0.25, 0.3) is 0 Å². The van der Waals surface area contributed by atoms with Gasteiger partial charge in [-0.2, -0.15) is 0 Å². The van der Waals surface area contributed by atoms with E-state index in [1.54, 1.807) is 6.92 Å². The Morgan fingerprint density at radius 1 is 1.42 bits per heavy atom. The quantitative estimate of drug-likeness (QED) is 0.782. The third kappa shape index (κ3) is 3.88. The highest BCUT2D eigenvalue weighted by molar-refractivity contribution is 5.90. The molecule has 3 N–H and O–H groups in total. The summed E-state index contributed by atoms with van der Waals surface area (Å²) >= 11 is 0. The van der Waals surface area contributed by atoms with E-state index < -0.39 is 23.3 Å². The van der Waals surface area contributed by atoms with Gasteiger partial charge in [0.2, 0.25) is 0 Å². The molecule has 0 bridgehead atoms. The van der Waals surface area contributed by atoms with E-state index in [9.17, 15) is 18.7 Å². The number of nitrogens with zero attached hydrogens (tertiary/aromatic N) is 1. The van der Waals surface area contributed by atoms with Crippen molar-refractivity contribution in [3.05, 3.63) is 46.9 Å². The largest absolute Gasteiger partial charge is 0.383 e. The Balaban J connectivity index is 2.03. The highest BCUT2D eigenvalue weighted by Crippen LogP contribution is 2.24. The van der Waals surface area contributed by atoms with E-state index in [0.29, 0.717) is 29.6 Å². The Bertz CT molecular complexity index is 744. The van der Waals surface area contributed by atoms with Crippen molar-refractivity contribution < 1.29 is 23.2 Å². The number of aromatic nitrogens is 1. The number of benzene rings is 1. The number of nitrogens with one attached hydrogen (secondary N) is 2. The van der Waals surface area contributed by atoms with E-state index in [0.717, 1.165) is 12.1 Å². The molecule has 6 nitrogen and oxygen atoms in total. The zero-order chi connectivity index (χ0) is 17.9. The minimum Gasteiger partial charge on any atom is -0.383 e. The lowest BCUT2D eigenvalue weighted by molar-refractivity contribution is 0.0561. The second kappa shape index (κ2) is 6.96. The molecule has 1 aromatic carbocycles.